The lowest BCUT2D eigenvalue weighted by Crippen LogP contribution is -2.30. The Kier molecular flexibility index (Phi) is 73.8. The summed E-state index contributed by atoms with van der Waals surface area (Å²) in [6.45, 7) is 5.00. The predicted molar refractivity (Wildman–Crippen MR) is 409 cm³/mol. The van der Waals surface area contributed by atoms with E-state index in [0.717, 1.165) is 89.9 Å². The average Bonchev–Trinajstić information content (AvgIpc) is 0.938. The minimum atomic E-state index is -4.96. The Morgan fingerprint density at radius 3 is 0.590 bits per heavy atom. The third kappa shape index (κ3) is 74.3. The van der Waals surface area contributed by atoms with Crippen LogP contribution in [-0.4, -0.2) is 96.7 Å². The van der Waals surface area contributed by atoms with E-state index in [1.165, 1.54) is 270 Å². The van der Waals surface area contributed by atoms with Gasteiger partial charge in [-0.3, -0.25) is 37.3 Å². The highest BCUT2D eigenvalue weighted by Gasteiger charge is 2.30. The fourth-order valence-electron chi connectivity index (χ4n) is 12.6. The van der Waals surface area contributed by atoms with Crippen LogP contribution in [0.25, 0.3) is 0 Å². The van der Waals surface area contributed by atoms with E-state index in [9.17, 15) is 43.2 Å². The van der Waals surface area contributed by atoms with E-state index >= 15 is 0 Å². The summed E-state index contributed by atoms with van der Waals surface area (Å²) < 4.78 is 68.7. The number of hydrogen-bond donors (Lipinski definition) is 3. The van der Waals surface area contributed by atoms with Crippen LogP contribution in [0, 0.1) is 0 Å². The van der Waals surface area contributed by atoms with Crippen LogP contribution in [0.4, 0.5) is 0 Å². The number of carbonyl (C=O) groups is 4. The minimum Gasteiger partial charge on any atom is -0.462 e. The van der Waals surface area contributed by atoms with Crippen molar-refractivity contribution in [3.8, 4) is 0 Å². The number of phosphoric ester groups is 2. The van der Waals surface area contributed by atoms with Crippen LogP contribution in [-0.2, 0) is 65.4 Å². The van der Waals surface area contributed by atoms with Crippen molar-refractivity contribution in [1.29, 1.82) is 0 Å². The molecule has 0 rings (SSSR count). The summed E-state index contributed by atoms with van der Waals surface area (Å²) >= 11 is 0. The van der Waals surface area contributed by atoms with Crippen LogP contribution in [0.3, 0.4) is 0 Å². The van der Waals surface area contributed by atoms with Gasteiger partial charge in [-0.15, -0.1) is 0 Å². The smallest absolute Gasteiger partial charge is 0.462 e. The van der Waals surface area contributed by atoms with Crippen LogP contribution in [0.1, 0.15) is 439 Å². The van der Waals surface area contributed by atoms with Crippen LogP contribution < -0.4 is 0 Å². The fourth-order valence-corrected chi connectivity index (χ4v) is 14.2. The van der Waals surface area contributed by atoms with Crippen molar-refractivity contribution in [2.75, 3.05) is 39.6 Å². The number of ether oxygens (including phenoxy) is 4. The molecular weight excluding hydrogens is 1310 g/mol. The maximum absolute atomic E-state index is 13.1. The molecule has 0 aliphatic rings. The first kappa shape index (κ1) is 98.1. The third-order valence-corrected chi connectivity index (χ3v) is 21.0. The number of esters is 4. The van der Waals surface area contributed by atoms with Crippen molar-refractivity contribution in [3.05, 3.63) is 0 Å². The molecule has 0 bridgehead atoms. The number of phosphoric acid groups is 2. The van der Waals surface area contributed by atoms with Crippen molar-refractivity contribution in [2.45, 2.75) is 457 Å². The van der Waals surface area contributed by atoms with Gasteiger partial charge in [-0.05, 0) is 25.7 Å². The van der Waals surface area contributed by atoms with Crippen LogP contribution in [0.5, 0.6) is 0 Å². The summed E-state index contributed by atoms with van der Waals surface area (Å²) in [5.41, 5.74) is 0. The molecule has 0 aromatic rings. The first-order valence-corrected chi connectivity index (χ1v) is 45.3. The monoisotopic (exact) mass is 1470 g/mol. The van der Waals surface area contributed by atoms with E-state index in [1.54, 1.807) is 0 Å². The molecule has 0 radical (unpaired) electrons. The number of unbranched alkanes of at least 4 members (excludes halogenated alkanes) is 56. The van der Waals surface area contributed by atoms with E-state index in [2.05, 4.69) is 27.7 Å². The number of aliphatic hydroxyl groups excluding tert-OH is 1. The molecule has 0 spiro atoms. The Balaban J connectivity index is 5.19. The van der Waals surface area contributed by atoms with Crippen molar-refractivity contribution >= 4 is 39.5 Å². The quantitative estimate of drug-likeness (QED) is 0.0222. The Labute approximate surface area is 613 Å². The minimum absolute atomic E-state index is 0.109. The Morgan fingerprint density at radius 2 is 0.400 bits per heavy atom. The van der Waals surface area contributed by atoms with Gasteiger partial charge in [-0.2, -0.15) is 0 Å². The molecule has 0 saturated carbocycles. The van der Waals surface area contributed by atoms with Gasteiger partial charge in [0.15, 0.2) is 12.2 Å². The molecule has 0 aromatic heterocycles. The summed E-state index contributed by atoms with van der Waals surface area (Å²) in [4.78, 5) is 72.9. The van der Waals surface area contributed by atoms with Crippen molar-refractivity contribution < 1.29 is 80.2 Å². The maximum atomic E-state index is 13.1. The van der Waals surface area contributed by atoms with Gasteiger partial charge in [-0.25, -0.2) is 9.13 Å². The largest absolute Gasteiger partial charge is 0.472 e. The van der Waals surface area contributed by atoms with Gasteiger partial charge in [0.25, 0.3) is 0 Å². The molecule has 5 atom stereocenters. The van der Waals surface area contributed by atoms with E-state index in [-0.39, 0.29) is 25.7 Å². The highest BCUT2D eigenvalue weighted by molar-refractivity contribution is 7.47. The summed E-state index contributed by atoms with van der Waals surface area (Å²) in [5.74, 6) is -2.11. The average molecular weight is 1470 g/mol. The molecule has 0 aliphatic carbocycles. The van der Waals surface area contributed by atoms with Crippen LogP contribution in [0.15, 0.2) is 0 Å². The highest BCUT2D eigenvalue weighted by Crippen LogP contribution is 2.45. The van der Waals surface area contributed by atoms with Gasteiger partial charge >= 0.3 is 39.5 Å². The molecule has 0 amide bonds. The van der Waals surface area contributed by atoms with Gasteiger partial charge in [0.05, 0.1) is 26.4 Å². The van der Waals surface area contributed by atoms with E-state index < -0.39 is 97.5 Å². The SMILES string of the molecule is CCCCCCCCCCCCCCCCCCCCCCC(=O)O[C@H](COC(=O)CCCCCCCCCCCCCCCCCCC)COP(=O)(O)OC[C@@H](O)COP(=O)(O)OC[C@@H](COC(=O)CCCCCCCCCC)OC(=O)CCCCCCCCCCCCCCCCC. The van der Waals surface area contributed by atoms with Gasteiger partial charge in [0.1, 0.15) is 19.3 Å². The van der Waals surface area contributed by atoms with E-state index in [0.29, 0.717) is 25.7 Å². The maximum Gasteiger partial charge on any atom is 0.472 e. The first-order valence-electron chi connectivity index (χ1n) is 42.3. The van der Waals surface area contributed by atoms with Crippen molar-refractivity contribution in [2.24, 2.45) is 0 Å². The Morgan fingerprint density at radius 1 is 0.240 bits per heavy atom. The summed E-state index contributed by atoms with van der Waals surface area (Å²) in [7, 11) is -9.91. The molecule has 0 aromatic carbocycles. The van der Waals surface area contributed by atoms with Crippen molar-refractivity contribution in [3.63, 3.8) is 0 Å². The molecule has 19 heteroatoms. The molecule has 17 nitrogen and oxygen atoms in total. The number of aliphatic hydroxyl groups is 1. The zero-order valence-electron chi connectivity index (χ0n) is 65.2. The fraction of sp³-hybridized carbons (Fsp3) is 0.951. The molecule has 594 valence electrons. The zero-order valence-corrected chi connectivity index (χ0v) is 67.0. The second kappa shape index (κ2) is 75.3. The van der Waals surface area contributed by atoms with Crippen LogP contribution >= 0.6 is 15.6 Å². The lowest BCUT2D eigenvalue weighted by molar-refractivity contribution is -0.161. The highest BCUT2D eigenvalue weighted by atomic mass is 31.2. The van der Waals surface area contributed by atoms with Gasteiger partial charge < -0.3 is 33.8 Å². The molecule has 0 heterocycles. The van der Waals surface area contributed by atoms with Crippen LogP contribution in [0.2, 0.25) is 0 Å². The van der Waals surface area contributed by atoms with Crippen molar-refractivity contribution in [1.82, 2.24) is 0 Å². The van der Waals surface area contributed by atoms with Gasteiger partial charge in [0.2, 0.25) is 0 Å². The standard InChI is InChI=1S/C81H158O17P2/c1-5-9-13-17-21-25-28-31-34-36-37-38-40-43-46-49-52-56-60-64-68-81(86)98-77(72-92-79(84)66-62-58-54-50-47-44-42-39-35-32-29-26-22-18-14-10-6-2)74-96-100(89,90)94-70-75(82)69-93-99(87,88)95-73-76(71-91-78(83)65-61-57-53-24-20-16-12-8-4)97-80(85)67-63-59-55-51-48-45-41-33-30-27-23-19-15-11-7-3/h75-77,82H,5-74H2,1-4H3,(H,87,88)(H,89,90)/t75-,76+,77+/m0/s1. The summed E-state index contributed by atoms with van der Waals surface area (Å²) in [6, 6.07) is 0. The number of rotatable bonds is 82. The van der Waals surface area contributed by atoms with Gasteiger partial charge in [-0.1, -0.05) is 387 Å². The molecule has 0 saturated heterocycles. The number of hydrogen-bond acceptors (Lipinski definition) is 15. The normalized spacial score (nSPS) is 13.8. The topological polar surface area (TPSA) is 237 Å². The first-order chi connectivity index (χ1) is 48.7. The molecule has 100 heavy (non-hydrogen) atoms. The molecule has 3 N–H and O–H groups in total. The lowest BCUT2D eigenvalue weighted by atomic mass is 10.0. The van der Waals surface area contributed by atoms with E-state index in [4.69, 9.17) is 37.0 Å². The predicted octanol–water partition coefficient (Wildman–Crippen LogP) is 24.6. The molecule has 2 unspecified atom stereocenters. The Hall–Kier alpha value is -1.94. The summed E-state index contributed by atoms with van der Waals surface area (Å²) in [5, 5.41) is 10.6. The zero-order chi connectivity index (χ0) is 73.2. The molecule has 0 aliphatic heterocycles. The summed E-state index contributed by atoms with van der Waals surface area (Å²) in [6.07, 6.45) is 68.1. The second-order valence-electron chi connectivity index (χ2n) is 29.2. The van der Waals surface area contributed by atoms with Gasteiger partial charge in [0, 0.05) is 25.7 Å². The lowest BCUT2D eigenvalue weighted by Gasteiger charge is -2.21. The van der Waals surface area contributed by atoms with E-state index in [1.807, 2.05) is 0 Å². The number of carbonyl (C=O) groups excluding carboxylic acids is 4. The third-order valence-electron chi connectivity index (χ3n) is 19.1. The Bertz CT molecular complexity index is 1890. The molecule has 0 fully saturated rings. The second-order valence-corrected chi connectivity index (χ2v) is 32.1. The molecular formula is C81H158O17P2.